The summed E-state index contributed by atoms with van der Waals surface area (Å²) in [5.74, 6) is -0.756. The third-order valence-corrected chi connectivity index (χ3v) is 4.26. The third-order valence-electron chi connectivity index (χ3n) is 4.26. The third kappa shape index (κ3) is 7.29. The number of aliphatic imine (C=N–C) groups is 1. The number of ether oxygens (including phenoxy) is 1. The second kappa shape index (κ2) is 10.5. The molecule has 0 aliphatic carbocycles. The zero-order valence-electron chi connectivity index (χ0n) is 18.1. The van der Waals surface area contributed by atoms with Crippen LogP contribution in [-0.4, -0.2) is 35.7 Å². The van der Waals surface area contributed by atoms with Crippen LogP contribution in [0, 0.1) is 5.92 Å². The molecule has 33 heavy (non-hydrogen) atoms. The van der Waals surface area contributed by atoms with Crippen molar-refractivity contribution in [2.75, 3.05) is 11.9 Å². The van der Waals surface area contributed by atoms with Gasteiger partial charge in [0.25, 0.3) is 5.91 Å². The molecule has 0 radical (unpaired) electrons. The fourth-order valence-corrected chi connectivity index (χ4v) is 2.54. The molecular weight excluding hydrogens is 449 g/mol. The fourth-order valence-electron chi connectivity index (χ4n) is 2.54. The van der Waals surface area contributed by atoms with Crippen LogP contribution in [0.15, 0.2) is 47.7 Å². The van der Waals surface area contributed by atoms with Gasteiger partial charge in [0.05, 0.1) is 23.5 Å². The fraction of sp³-hybridized carbons (Fsp3) is 0.381. The Bertz CT molecular complexity index is 978. The van der Waals surface area contributed by atoms with Crippen molar-refractivity contribution < 1.29 is 31.5 Å². The summed E-state index contributed by atoms with van der Waals surface area (Å²) < 4.78 is 66.6. The Hall–Kier alpha value is -3.44. The number of pyridine rings is 1. The number of halogens is 5. The van der Waals surface area contributed by atoms with Crippen molar-refractivity contribution in [1.82, 2.24) is 10.3 Å². The summed E-state index contributed by atoms with van der Waals surface area (Å²) in [6.45, 7) is 6.06. The van der Waals surface area contributed by atoms with E-state index in [1.165, 1.54) is 30.6 Å². The summed E-state index contributed by atoms with van der Waals surface area (Å²) in [7, 11) is 0. The molecule has 0 aliphatic rings. The lowest BCUT2D eigenvalue weighted by atomic mass is 10.1. The minimum Gasteiger partial charge on any atom is -0.426 e. The van der Waals surface area contributed by atoms with Gasteiger partial charge in [0, 0.05) is 12.7 Å². The quantitative estimate of drug-likeness (QED) is 0.298. The molecule has 0 bridgehead atoms. The van der Waals surface area contributed by atoms with Crippen molar-refractivity contribution in [3.05, 3.63) is 53.9 Å². The molecule has 2 aromatic rings. The number of nitrogens with two attached hydrogens (primary N) is 1. The zero-order chi connectivity index (χ0) is 24.8. The molecule has 0 fully saturated rings. The number of nitrogens with zero attached hydrogens (tertiary/aromatic N) is 2. The normalized spacial score (nSPS) is 13.5. The SMILES string of the molecule is CC(C)CN=C(N)Nc1cnccc1C(=O)NC(C)c1ccc(OC(F)(F)C(F)(F)F)cc1. The summed E-state index contributed by atoms with van der Waals surface area (Å²) in [4.78, 5) is 20.9. The predicted octanol–water partition coefficient (Wildman–Crippen LogP) is 4.49. The van der Waals surface area contributed by atoms with Crippen molar-refractivity contribution in [2.45, 2.75) is 39.1 Å². The largest absolute Gasteiger partial charge is 0.499 e. The Morgan fingerprint density at radius 2 is 1.76 bits per heavy atom. The number of anilines is 1. The number of rotatable bonds is 8. The summed E-state index contributed by atoms with van der Waals surface area (Å²) in [5, 5.41) is 5.54. The van der Waals surface area contributed by atoms with Gasteiger partial charge in [-0.05, 0) is 36.6 Å². The summed E-state index contributed by atoms with van der Waals surface area (Å²) >= 11 is 0. The van der Waals surface area contributed by atoms with Crippen molar-refractivity contribution in [1.29, 1.82) is 0 Å². The summed E-state index contributed by atoms with van der Waals surface area (Å²) in [6.07, 6.45) is -8.34. The van der Waals surface area contributed by atoms with E-state index in [0.29, 0.717) is 23.7 Å². The van der Waals surface area contributed by atoms with Crippen molar-refractivity contribution in [2.24, 2.45) is 16.6 Å². The molecule has 180 valence electrons. The van der Waals surface area contributed by atoms with E-state index in [2.05, 4.69) is 25.3 Å². The first-order valence-electron chi connectivity index (χ1n) is 9.85. The monoisotopic (exact) mass is 473 g/mol. The summed E-state index contributed by atoms with van der Waals surface area (Å²) in [5.41, 5.74) is 6.85. The van der Waals surface area contributed by atoms with Gasteiger partial charge in [0.15, 0.2) is 5.96 Å². The molecule has 0 aliphatic heterocycles. The topological polar surface area (TPSA) is 102 Å². The number of alkyl halides is 5. The maximum Gasteiger partial charge on any atom is 0.499 e. The number of hydrogen-bond acceptors (Lipinski definition) is 4. The van der Waals surface area contributed by atoms with Crippen molar-refractivity contribution in [3.8, 4) is 5.75 Å². The van der Waals surface area contributed by atoms with Gasteiger partial charge in [0.2, 0.25) is 0 Å². The highest BCUT2D eigenvalue weighted by atomic mass is 19.4. The number of amides is 1. The lowest BCUT2D eigenvalue weighted by Crippen LogP contribution is -2.41. The van der Waals surface area contributed by atoms with Gasteiger partial charge in [-0.1, -0.05) is 26.0 Å². The number of carbonyl (C=O) groups is 1. The minimum absolute atomic E-state index is 0.116. The second-order valence-corrected chi connectivity index (χ2v) is 7.55. The second-order valence-electron chi connectivity index (χ2n) is 7.55. The molecule has 1 atom stereocenters. The minimum atomic E-state index is -5.84. The number of carbonyl (C=O) groups excluding carboxylic acids is 1. The van der Waals surface area contributed by atoms with E-state index < -0.39 is 30.0 Å². The standard InChI is InChI=1S/C21H24F5N5O2/c1-12(2)10-29-19(27)31-17-11-28-9-8-16(17)18(32)30-13(3)14-4-6-15(7-5-14)33-21(25,26)20(22,23)24/h4-9,11-13H,10H2,1-3H3,(H,30,32)(H3,27,29,31). The van der Waals surface area contributed by atoms with Gasteiger partial charge in [-0.3, -0.25) is 14.8 Å². The van der Waals surface area contributed by atoms with Crippen LogP contribution in [0.4, 0.5) is 27.6 Å². The van der Waals surface area contributed by atoms with Crippen LogP contribution in [0.25, 0.3) is 0 Å². The average molecular weight is 473 g/mol. The number of benzene rings is 1. The van der Waals surface area contributed by atoms with Gasteiger partial charge >= 0.3 is 12.3 Å². The van der Waals surface area contributed by atoms with Crippen LogP contribution in [-0.2, 0) is 0 Å². The Kier molecular flexibility index (Phi) is 8.18. The van der Waals surface area contributed by atoms with E-state index in [1.807, 2.05) is 13.8 Å². The number of nitrogens with one attached hydrogen (secondary N) is 2. The Morgan fingerprint density at radius 1 is 1.12 bits per heavy atom. The summed E-state index contributed by atoms with van der Waals surface area (Å²) in [6, 6.07) is 5.33. The van der Waals surface area contributed by atoms with Crippen LogP contribution < -0.4 is 21.1 Å². The highest BCUT2D eigenvalue weighted by Gasteiger charge is 2.61. The molecule has 4 N–H and O–H groups in total. The van der Waals surface area contributed by atoms with E-state index in [4.69, 9.17) is 5.73 Å². The lowest BCUT2D eigenvalue weighted by Gasteiger charge is -2.21. The van der Waals surface area contributed by atoms with Gasteiger partial charge in [-0.15, -0.1) is 0 Å². The van der Waals surface area contributed by atoms with Gasteiger partial charge in [0.1, 0.15) is 5.75 Å². The van der Waals surface area contributed by atoms with Crippen LogP contribution in [0.5, 0.6) is 5.75 Å². The maximum atomic E-state index is 13.0. The molecule has 1 heterocycles. The molecular formula is C21H24F5N5O2. The Morgan fingerprint density at radius 3 is 2.33 bits per heavy atom. The zero-order valence-corrected chi connectivity index (χ0v) is 18.1. The maximum absolute atomic E-state index is 13.0. The molecule has 0 saturated heterocycles. The molecule has 1 amide bonds. The number of guanidine groups is 1. The van der Waals surface area contributed by atoms with E-state index in [9.17, 15) is 26.7 Å². The van der Waals surface area contributed by atoms with E-state index in [-0.39, 0.29) is 11.5 Å². The average Bonchev–Trinajstić information content (AvgIpc) is 2.72. The molecule has 12 heteroatoms. The van der Waals surface area contributed by atoms with E-state index in [0.717, 1.165) is 12.1 Å². The van der Waals surface area contributed by atoms with Gasteiger partial charge < -0.3 is 21.1 Å². The number of aromatic nitrogens is 1. The van der Waals surface area contributed by atoms with Gasteiger partial charge in [-0.25, -0.2) is 0 Å². The van der Waals surface area contributed by atoms with Crippen molar-refractivity contribution in [3.63, 3.8) is 0 Å². The lowest BCUT2D eigenvalue weighted by molar-refractivity contribution is -0.360. The smallest absolute Gasteiger partial charge is 0.426 e. The van der Waals surface area contributed by atoms with E-state index >= 15 is 0 Å². The molecule has 1 aromatic heterocycles. The first-order chi connectivity index (χ1) is 15.3. The molecule has 0 spiro atoms. The first kappa shape index (κ1) is 25.8. The predicted molar refractivity (Wildman–Crippen MR) is 113 cm³/mol. The molecule has 2 rings (SSSR count). The van der Waals surface area contributed by atoms with Crippen LogP contribution >= 0.6 is 0 Å². The molecule has 7 nitrogen and oxygen atoms in total. The van der Waals surface area contributed by atoms with E-state index in [1.54, 1.807) is 6.92 Å². The van der Waals surface area contributed by atoms with Crippen LogP contribution in [0.3, 0.4) is 0 Å². The highest BCUT2D eigenvalue weighted by molar-refractivity contribution is 6.04. The van der Waals surface area contributed by atoms with Crippen LogP contribution in [0.1, 0.15) is 42.7 Å². The highest BCUT2D eigenvalue weighted by Crippen LogP contribution is 2.37. The Labute approximate surface area is 187 Å². The molecule has 1 unspecified atom stereocenters. The molecule has 0 saturated carbocycles. The number of hydrogen-bond donors (Lipinski definition) is 3. The van der Waals surface area contributed by atoms with Crippen LogP contribution in [0.2, 0.25) is 0 Å². The van der Waals surface area contributed by atoms with Gasteiger partial charge in [-0.2, -0.15) is 22.0 Å². The molecule has 1 aromatic carbocycles. The van der Waals surface area contributed by atoms with Crippen molar-refractivity contribution >= 4 is 17.6 Å². The first-order valence-corrected chi connectivity index (χ1v) is 9.85. The Balaban J connectivity index is 2.08.